The van der Waals surface area contributed by atoms with Crippen molar-refractivity contribution >= 4 is 5.91 Å². The summed E-state index contributed by atoms with van der Waals surface area (Å²) in [5, 5.41) is 0. The van der Waals surface area contributed by atoms with Crippen molar-refractivity contribution in [1.29, 1.82) is 0 Å². The zero-order chi connectivity index (χ0) is 20.3. The van der Waals surface area contributed by atoms with E-state index in [2.05, 4.69) is 5.92 Å². The molecule has 0 bridgehead atoms. The molecule has 2 aromatic carbocycles. The Morgan fingerprint density at radius 1 is 1.14 bits per heavy atom. The maximum Gasteiger partial charge on any atom is 0.223 e. The second-order valence-corrected chi connectivity index (χ2v) is 6.79. The van der Waals surface area contributed by atoms with E-state index in [1.165, 1.54) is 18.2 Å². The van der Waals surface area contributed by atoms with E-state index in [1.807, 2.05) is 6.92 Å². The minimum absolute atomic E-state index is 0.0845. The number of rotatable bonds is 6. The predicted molar refractivity (Wildman–Crippen MR) is 98.6 cm³/mol. The molecule has 28 heavy (non-hydrogen) atoms. The lowest BCUT2D eigenvalue weighted by Gasteiger charge is -2.37. The van der Waals surface area contributed by atoms with Crippen LogP contribution in [0, 0.1) is 29.8 Å². The number of ether oxygens (including phenoxy) is 1. The number of amides is 1. The van der Waals surface area contributed by atoms with Gasteiger partial charge in [0.15, 0.2) is 11.6 Å². The normalized spacial score (nSPS) is 18.8. The topological polar surface area (TPSA) is 29.5 Å². The summed E-state index contributed by atoms with van der Waals surface area (Å²) in [6.07, 6.45) is 5.53. The molecule has 3 rings (SSSR count). The molecule has 1 saturated heterocycles. The molecule has 0 aliphatic carbocycles. The maximum absolute atomic E-state index is 13.9. The number of terminal acetylenes is 1. The Hall–Kier alpha value is -2.78. The molecule has 1 aliphatic heterocycles. The van der Waals surface area contributed by atoms with Gasteiger partial charge < -0.3 is 9.64 Å². The highest BCUT2D eigenvalue weighted by atomic mass is 19.2. The van der Waals surface area contributed by atoms with Crippen LogP contribution in [0.2, 0.25) is 0 Å². The van der Waals surface area contributed by atoms with E-state index in [-0.39, 0.29) is 18.6 Å². The lowest BCUT2D eigenvalue weighted by Crippen LogP contribution is -2.39. The number of likely N-dealkylation sites (tertiary alicyclic amines) is 1. The van der Waals surface area contributed by atoms with Gasteiger partial charge in [0.1, 0.15) is 18.5 Å². The summed E-state index contributed by atoms with van der Waals surface area (Å²) in [6.45, 7) is 1.82. The number of carbonyl (C=O) groups is 1. The van der Waals surface area contributed by atoms with Gasteiger partial charge in [0.05, 0.1) is 6.04 Å². The van der Waals surface area contributed by atoms with Gasteiger partial charge in [-0.25, -0.2) is 13.2 Å². The van der Waals surface area contributed by atoms with E-state index in [4.69, 9.17) is 11.2 Å². The summed E-state index contributed by atoms with van der Waals surface area (Å²) in [6, 6.07) is 8.39. The van der Waals surface area contributed by atoms with Gasteiger partial charge in [0, 0.05) is 12.5 Å². The fourth-order valence-electron chi connectivity index (χ4n) is 3.61. The van der Waals surface area contributed by atoms with Crippen LogP contribution in [0.5, 0.6) is 0 Å². The number of hydrogen-bond acceptors (Lipinski definition) is 2. The highest BCUT2D eigenvalue weighted by molar-refractivity contribution is 5.79. The molecule has 0 aromatic heterocycles. The lowest BCUT2D eigenvalue weighted by atomic mass is 9.93. The average Bonchev–Trinajstić information content (AvgIpc) is 3.00. The van der Waals surface area contributed by atoms with Crippen molar-refractivity contribution in [3.8, 4) is 12.3 Å². The summed E-state index contributed by atoms with van der Waals surface area (Å²) in [4.78, 5) is 14.3. The first-order valence-electron chi connectivity index (χ1n) is 8.99. The van der Waals surface area contributed by atoms with Gasteiger partial charge in [0.2, 0.25) is 5.91 Å². The van der Waals surface area contributed by atoms with Gasteiger partial charge in [-0.3, -0.25) is 4.79 Å². The first-order chi connectivity index (χ1) is 13.4. The summed E-state index contributed by atoms with van der Waals surface area (Å²) in [5.74, 6) is -0.141. The smallest absolute Gasteiger partial charge is 0.223 e. The third-order valence-corrected chi connectivity index (χ3v) is 4.96. The van der Waals surface area contributed by atoms with E-state index in [1.54, 1.807) is 17.0 Å². The van der Waals surface area contributed by atoms with Crippen molar-refractivity contribution in [3.63, 3.8) is 0 Å². The quantitative estimate of drug-likeness (QED) is 0.681. The molecule has 1 heterocycles. The minimum Gasteiger partial charge on any atom is -0.358 e. The Kier molecular flexibility index (Phi) is 6.05. The monoisotopic (exact) mass is 387 g/mol. The van der Waals surface area contributed by atoms with Crippen LogP contribution in [0.1, 0.15) is 43.0 Å². The molecule has 6 heteroatoms. The van der Waals surface area contributed by atoms with Gasteiger partial charge in [-0.1, -0.05) is 24.1 Å². The highest BCUT2D eigenvalue weighted by Gasteiger charge is 2.40. The Labute approximate surface area is 162 Å². The molecule has 0 N–H and O–H groups in total. The third-order valence-electron chi connectivity index (χ3n) is 4.96. The van der Waals surface area contributed by atoms with Crippen LogP contribution >= 0.6 is 0 Å². The van der Waals surface area contributed by atoms with E-state index in [0.717, 1.165) is 12.1 Å². The number of halogens is 3. The van der Waals surface area contributed by atoms with Crippen LogP contribution in [-0.2, 0) is 9.53 Å². The summed E-state index contributed by atoms with van der Waals surface area (Å²) >= 11 is 0. The minimum atomic E-state index is -1.02. The van der Waals surface area contributed by atoms with Crippen LogP contribution in [0.3, 0.4) is 0 Å². The van der Waals surface area contributed by atoms with E-state index in [9.17, 15) is 18.0 Å². The van der Waals surface area contributed by atoms with Crippen molar-refractivity contribution in [3.05, 3.63) is 71.0 Å². The Balaban J connectivity index is 2.12. The van der Waals surface area contributed by atoms with Crippen molar-refractivity contribution in [2.45, 2.75) is 38.0 Å². The SMILES string of the molecule is C#CCO[C@@H](c1ccc(F)c(F)c1)[C@@H](c1ccc(F)cc1)N1C(=O)CCC1C. The Morgan fingerprint density at radius 3 is 2.39 bits per heavy atom. The van der Waals surface area contributed by atoms with Gasteiger partial charge in [0.25, 0.3) is 0 Å². The van der Waals surface area contributed by atoms with Crippen LogP contribution in [0.25, 0.3) is 0 Å². The van der Waals surface area contributed by atoms with Crippen molar-refractivity contribution in [1.82, 2.24) is 4.90 Å². The van der Waals surface area contributed by atoms with Gasteiger partial charge in [-0.05, 0) is 48.7 Å². The summed E-state index contributed by atoms with van der Waals surface area (Å²) < 4.78 is 46.7. The molecule has 0 radical (unpaired) electrons. The molecule has 1 amide bonds. The third kappa shape index (κ3) is 4.05. The van der Waals surface area contributed by atoms with Gasteiger partial charge in [-0.2, -0.15) is 0 Å². The predicted octanol–water partition coefficient (Wildman–Crippen LogP) is 4.55. The second kappa shape index (κ2) is 8.49. The second-order valence-electron chi connectivity index (χ2n) is 6.79. The van der Waals surface area contributed by atoms with Crippen molar-refractivity contribution < 1.29 is 22.7 Å². The number of benzene rings is 2. The highest BCUT2D eigenvalue weighted by Crippen LogP contribution is 2.41. The van der Waals surface area contributed by atoms with E-state index >= 15 is 0 Å². The zero-order valence-electron chi connectivity index (χ0n) is 15.4. The van der Waals surface area contributed by atoms with Crippen LogP contribution < -0.4 is 0 Å². The van der Waals surface area contributed by atoms with Gasteiger partial charge >= 0.3 is 0 Å². The average molecular weight is 387 g/mol. The van der Waals surface area contributed by atoms with Gasteiger partial charge in [-0.15, -0.1) is 6.42 Å². The molecule has 1 unspecified atom stereocenters. The molecule has 0 spiro atoms. The largest absolute Gasteiger partial charge is 0.358 e. The maximum atomic E-state index is 13.9. The lowest BCUT2D eigenvalue weighted by molar-refractivity contribution is -0.135. The number of nitrogens with zero attached hydrogens (tertiary/aromatic N) is 1. The van der Waals surface area contributed by atoms with Crippen molar-refractivity contribution in [2.75, 3.05) is 6.61 Å². The van der Waals surface area contributed by atoms with Crippen LogP contribution in [0.4, 0.5) is 13.2 Å². The molecule has 3 atom stereocenters. The van der Waals surface area contributed by atoms with E-state index < -0.39 is 29.6 Å². The molecule has 3 nitrogen and oxygen atoms in total. The molecule has 146 valence electrons. The van der Waals surface area contributed by atoms with Crippen LogP contribution in [0.15, 0.2) is 42.5 Å². The first-order valence-corrected chi connectivity index (χ1v) is 8.99. The molecule has 1 aliphatic rings. The number of hydrogen-bond donors (Lipinski definition) is 0. The first kappa shape index (κ1) is 20.0. The molecular weight excluding hydrogens is 367 g/mol. The summed E-state index contributed by atoms with van der Waals surface area (Å²) in [7, 11) is 0. The fourth-order valence-corrected chi connectivity index (χ4v) is 3.61. The van der Waals surface area contributed by atoms with Crippen molar-refractivity contribution in [2.24, 2.45) is 0 Å². The standard InChI is InChI=1S/C22H20F3NO2/c1-3-12-28-22(16-7-10-18(24)19(25)13-16)21(15-5-8-17(23)9-6-15)26-14(2)4-11-20(26)27/h1,5-10,13-14,21-22H,4,11-12H2,2H3/t14?,21-,22+/m1/s1. The number of carbonyl (C=O) groups excluding carboxylic acids is 1. The van der Waals surface area contributed by atoms with Crippen LogP contribution in [-0.4, -0.2) is 23.5 Å². The molecule has 2 aromatic rings. The Bertz CT molecular complexity index is 892. The summed E-state index contributed by atoms with van der Waals surface area (Å²) in [5.41, 5.74) is 0.964. The molecular formula is C22H20F3NO2. The fraction of sp³-hybridized carbons (Fsp3) is 0.318. The zero-order valence-corrected chi connectivity index (χ0v) is 15.4. The molecule has 1 fully saturated rings. The van der Waals surface area contributed by atoms with E-state index in [0.29, 0.717) is 24.0 Å². The Morgan fingerprint density at radius 2 is 1.82 bits per heavy atom. The molecule has 0 saturated carbocycles.